The quantitative estimate of drug-likeness (QED) is 0.600. The van der Waals surface area contributed by atoms with Crippen molar-refractivity contribution in [2.24, 2.45) is 10.8 Å². The third-order valence-corrected chi connectivity index (χ3v) is 2.99. The van der Waals surface area contributed by atoms with Crippen molar-refractivity contribution < 1.29 is 0 Å². The van der Waals surface area contributed by atoms with E-state index in [-0.39, 0.29) is 0 Å². The predicted molar refractivity (Wildman–Crippen MR) is 60.0 cm³/mol. The maximum absolute atomic E-state index is 4.66. The second-order valence-electron chi connectivity index (χ2n) is 5.58. The van der Waals surface area contributed by atoms with Gasteiger partial charge in [0.05, 0.1) is 0 Å². The summed E-state index contributed by atoms with van der Waals surface area (Å²) in [6.45, 7) is 15.6. The normalized spacial score (nSPS) is 13.4. The lowest BCUT2D eigenvalue weighted by Gasteiger charge is -2.26. The Morgan fingerprint density at radius 2 is 1.08 bits per heavy atom. The van der Waals surface area contributed by atoms with Crippen molar-refractivity contribution in [3.05, 3.63) is 0 Å². The van der Waals surface area contributed by atoms with Crippen molar-refractivity contribution in [2.45, 2.75) is 54.4 Å². The van der Waals surface area contributed by atoms with Gasteiger partial charge in [-0.25, -0.2) is 5.32 Å². The van der Waals surface area contributed by atoms with E-state index in [1.54, 1.807) is 0 Å². The van der Waals surface area contributed by atoms with Crippen LogP contribution in [0.15, 0.2) is 0 Å². The fourth-order valence-corrected chi connectivity index (χ4v) is 0.885. The summed E-state index contributed by atoms with van der Waals surface area (Å²) >= 11 is 0. The average Bonchev–Trinajstić information content (AvgIpc) is 2.04. The predicted octanol–water partition coefficient (Wildman–Crippen LogP) is 3.46. The fraction of sp³-hybridized carbons (Fsp3) is 1.00. The van der Waals surface area contributed by atoms with E-state index >= 15 is 0 Å². The molecule has 0 bridgehead atoms. The third-order valence-electron chi connectivity index (χ3n) is 2.99. The molecule has 13 heavy (non-hydrogen) atoms. The topological polar surface area (TPSA) is 14.1 Å². The van der Waals surface area contributed by atoms with Gasteiger partial charge in [0, 0.05) is 13.1 Å². The van der Waals surface area contributed by atoms with E-state index in [0.717, 1.165) is 13.1 Å². The van der Waals surface area contributed by atoms with Crippen LogP contribution in [0.2, 0.25) is 0 Å². The molecular formula is C12H26N. The molecule has 0 fully saturated rings. The lowest BCUT2D eigenvalue weighted by atomic mass is 9.87. The molecule has 0 heterocycles. The van der Waals surface area contributed by atoms with Crippen molar-refractivity contribution in [2.75, 3.05) is 13.1 Å². The zero-order valence-electron chi connectivity index (χ0n) is 10.3. The highest BCUT2D eigenvalue weighted by molar-refractivity contribution is 4.74. The highest BCUT2D eigenvalue weighted by Crippen LogP contribution is 2.21. The van der Waals surface area contributed by atoms with E-state index in [0.29, 0.717) is 10.8 Å². The Labute approximate surface area is 84.3 Å². The van der Waals surface area contributed by atoms with Crippen LogP contribution in [0, 0.1) is 10.8 Å². The Bertz CT molecular complexity index is 120. The molecule has 0 aliphatic heterocycles. The van der Waals surface area contributed by atoms with Gasteiger partial charge in [-0.15, -0.1) is 0 Å². The molecule has 0 spiro atoms. The molecule has 0 amide bonds. The lowest BCUT2D eigenvalue weighted by molar-refractivity contribution is 0.271. The van der Waals surface area contributed by atoms with Gasteiger partial charge < -0.3 is 0 Å². The summed E-state index contributed by atoms with van der Waals surface area (Å²) < 4.78 is 0. The zero-order chi connectivity index (χ0) is 10.5. The van der Waals surface area contributed by atoms with Crippen molar-refractivity contribution in [3.8, 4) is 0 Å². The van der Waals surface area contributed by atoms with Crippen LogP contribution in [0.1, 0.15) is 54.4 Å². The molecule has 0 aliphatic rings. The molecule has 0 aromatic rings. The molecule has 0 atom stereocenters. The molecular weight excluding hydrogens is 158 g/mol. The average molecular weight is 184 g/mol. The van der Waals surface area contributed by atoms with E-state index in [1.165, 1.54) is 12.8 Å². The molecule has 0 rings (SSSR count). The second kappa shape index (κ2) is 4.99. The van der Waals surface area contributed by atoms with E-state index in [1.807, 2.05) is 0 Å². The van der Waals surface area contributed by atoms with Crippen LogP contribution in [0.3, 0.4) is 0 Å². The van der Waals surface area contributed by atoms with Gasteiger partial charge in [0.1, 0.15) is 0 Å². The highest BCUT2D eigenvalue weighted by Gasteiger charge is 2.19. The number of nitrogens with zero attached hydrogens (tertiary/aromatic N) is 1. The monoisotopic (exact) mass is 184 g/mol. The Morgan fingerprint density at radius 1 is 0.769 bits per heavy atom. The van der Waals surface area contributed by atoms with Gasteiger partial charge in [0.2, 0.25) is 0 Å². The molecule has 1 radical (unpaired) electrons. The van der Waals surface area contributed by atoms with Gasteiger partial charge in [-0.1, -0.05) is 41.5 Å². The van der Waals surface area contributed by atoms with Crippen LogP contribution in [0.4, 0.5) is 0 Å². The van der Waals surface area contributed by atoms with Crippen LogP contribution in [-0.2, 0) is 0 Å². The van der Waals surface area contributed by atoms with Crippen LogP contribution in [-0.4, -0.2) is 13.1 Å². The highest BCUT2D eigenvalue weighted by atomic mass is 14.9. The molecule has 1 nitrogen and oxygen atoms in total. The molecule has 79 valence electrons. The van der Waals surface area contributed by atoms with Crippen molar-refractivity contribution in [1.82, 2.24) is 5.32 Å². The first-order valence-electron chi connectivity index (χ1n) is 5.46. The second-order valence-corrected chi connectivity index (χ2v) is 5.58. The van der Waals surface area contributed by atoms with Crippen LogP contribution >= 0.6 is 0 Å². The van der Waals surface area contributed by atoms with Gasteiger partial charge in [0.25, 0.3) is 0 Å². The largest absolute Gasteiger partial charge is 0.241 e. The van der Waals surface area contributed by atoms with Crippen molar-refractivity contribution in [3.63, 3.8) is 0 Å². The summed E-state index contributed by atoms with van der Waals surface area (Å²) in [5.74, 6) is 0. The Hall–Kier alpha value is -0.0400. The summed E-state index contributed by atoms with van der Waals surface area (Å²) in [4.78, 5) is 0. The van der Waals surface area contributed by atoms with Crippen LogP contribution in [0.5, 0.6) is 0 Å². The summed E-state index contributed by atoms with van der Waals surface area (Å²) in [7, 11) is 0. The lowest BCUT2D eigenvalue weighted by Crippen LogP contribution is -2.30. The summed E-state index contributed by atoms with van der Waals surface area (Å²) in [5.41, 5.74) is 0.785. The maximum atomic E-state index is 4.66. The van der Waals surface area contributed by atoms with Gasteiger partial charge in [0.15, 0.2) is 0 Å². The minimum absolute atomic E-state index is 0.393. The van der Waals surface area contributed by atoms with E-state index in [2.05, 4.69) is 46.9 Å². The smallest absolute Gasteiger partial charge is 0.0184 e. The first kappa shape index (κ1) is 13.0. The summed E-state index contributed by atoms with van der Waals surface area (Å²) in [5, 5.41) is 4.66. The van der Waals surface area contributed by atoms with Gasteiger partial charge >= 0.3 is 0 Å². The standard InChI is InChI=1S/C12H26N/c1-7-11(3,4)9-13-10-12(5,6)8-2/h7-10H2,1-6H3. The number of hydrogen-bond donors (Lipinski definition) is 0. The van der Waals surface area contributed by atoms with Crippen molar-refractivity contribution >= 4 is 0 Å². The number of rotatable bonds is 6. The summed E-state index contributed by atoms with van der Waals surface area (Å²) in [6.07, 6.45) is 2.42. The molecule has 0 aromatic carbocycles. The molecule has 0 N–H and O–H groups in total. The minimum atomic E-state index is 0.393. The first-order valence-corrected chi connectivity index (χ1v) is 5.46. The van der Waals surface area contributed by atoms with Gasteiger partial charge in [-0.2, -0.15) is 0 Å². The van der Waals surface area contributed by atoms with Crippen LogP contribution < -0.4 is 5.32 Å². The Balaban J connectivity index is 3.68. The number of hydrogen-bond acceptors (Lipinski definition) is 0. The molecule has 1 heteroatoms. The van der Waals surface area contributed by atoms with E-state index in [4.69, 9.17) is 0 Å². The first-order chi connectivity index (χ1) is 5.83. The summed E-state index contributed by atoms with van der Waals surface area (Å²) in [6, 6.07) is 0. The SMILES string of the molecule is CCC(C)(C)C[N]CC(C)(C)CC. The maximum Gasteiger partial charge on any atom is 0.0184 e. The third kappa shape index (κ3) is 6.09. The fourth-order valence-electron chi connectivity index (χ4n) is 0.885. The minimum Gasteiger partial charge on any atom is -0.241 e. The molecule has 0 unspecified atom stereocenters. The van der Waals surface area contributed by atoms with Gasteiger partial charge in [-0.05, 0) is 23.7 Å². The van der Waals surface area contributed by atoms with Gasteiger partial charge in [-0.3, -0.25) is 0 Å². The van der Waals surface area contributed by atoms with Crippen molar-refractivity contribution in [1.29, 1.82) is 0 Å². The Kier molecular flexibility index (Phi) is 4.98. The van der Waals surface area contributed by atoms with E-state index < -0.39 is 0 Å². The Morgan fingerprint density at radius 3 is 1.31 bits per heavy atom. The molecule has 0 aliphatic carbocycles. The zero-order valence-corrected chi connectivity index (χ0v) is 10.3. The van der Waals surface area contributed by atoms with Crippen LogP contribution in [0.25, 0.3) is 0 Å². The molecule has 0 saturated heterocycles. The molecule has 0 aromatic heterocycles. The van der Waals surface area contributed by atoms with E-state index in [9.17, 15) is 0 Å². The molecule has 0 saturated carbocycles.